The van der Waals surface area contributed by atoms with Crippen molar-refractivity contribution in [3.63, 3.8) is 0 Å². The summed E-state index contributed by atoms with van der Waals surface area (Å²) >= 11 is 0. The predicted octanol–water partition coefficient (Wildman–Crippen LogP) is 1.64. The topological polar surface area (TPSA) is 55.6 Å². The highest BCUT2D eigenvalue weighted by Crippen LogP contribution is 2.19. The molecular weight excluding hydrogens is 240 g/mol. The van der Waals surface area contributed by atoms with Crippen LogP contribution in [0.1, 0.15) is 28.8 Å². The molecule has 0 aromatic heterocycles. The van der Waals surface area contributed by atoms with Crippen LogP contribution in [0.15, 0.2) is 24.3 Å². The number of carbonyl (C=O) groups is 1. The molecule has 1 aliphatic heterocycles. The molecule has 0 atom stereocenters. The number of nitrogens with two attached hydrogens (primary N) is 1. The summed E-state index contributed by atoms with van der Waals surface area (Å²) < 4.78 is 5.17. The predicted molar refractivity (Wildman–Crippen MR) is 74.8 cm³/mol. The molecule has 1 aromatic rings. The van der Waals surface area contributed by atoms with Crippen molar-refractivity contribution >= 4 is 5.91 Å². The van der Waals surface area contributed by atoms with Gasteiger partial charge in [-0.05, 0) is 36.5 Å². The zero-order valence-corrected chi connectivity index (χ0v) is 11.5. The first kappa shape index (κ1) is 14.0. The van der Waals surface area contributed by atoms with Crippen LogP contribution in [0.2, 0.25) is 0 Å². The maximum Gasteiger partial charge on any atom is 0.253 e. The van der Waals surface area contributed by atoms with E-state index in [1.807, 2.05) is 29.2 Å². The van der Waals surface area contributed by atoms with Crippen LogP contribution >= 0.6 is 0 Å². The molecule has 104 valence electrons. The largest absolute Gasteiger partial charge is 0.384 e. The van der Waals surface area contributed by atoms with Gasteiger partial charge in [-0.2, -0.15) is 0 Å². The van der Waals surface area contributed by atoms with Gasteiger partial charge in [-0.15, -0.1) is 0 Å². The second kappa shape index (κ2) is 6.68. The normalized spacial score (nSPS) is 16.6. The summed E-state index contributed by atoms with van der Waals surface area (Å²) in [6.45, 7) is 2.90. The van der Waals surface area contributed by atoms with Crippen LogP contribution in [0.3, 0.4) is 0 Å². The fraction of sp³-hybridized carbons (Fsp3) is 0.533. The number of piperidine rings is 1. The molecule has 19 heavy (non-hydrogen) atoms. The van der Waals surface area contributed by atoms with Crippen LogP contribution in [0.5, 0.6) is 0 Å². The third kappa shape index (κ3) is 3.55. The molecule has 0 saturated carbocycles. The van der Waals surface area contributed by atoms with Crippen LogP contribution in [0.4, 0.5) is 0 Å². The fourth-order valence-corrected chi connectivity index (χ4v) is 2.55. The SMILES string of the molecule is COCC1CCN(C(=O)c2cccc(CN)c2)CC1. The van der Waals surface area contributed by atoms with E-state index >= 15 is 0 Å². The highest BCUT2D eigenvalue weighted by atomic mass is 16.5. The lowest BCUT2D eigenvalue weighted by Crippen LogP contribution is -2.39. The smallest absolute Gasteiger partial charge is 0.253 e. The first-order chi connectivity index (χ1) is 9.24. The number of amides is 1. The van der Waals surface area contributed by atoms with E-state index in [2.05, 4.69) is 0 Å². The molecular formula is C15H22N2O2. The second-order valence-electron chi connectivity index (χ2n) is 5.10. The summed E-state index contributed by atoms with van der Waals surface area (Å²) in [6, 6.07) is 7.60. The molecule has 4 heteroatoms. The van der Waals surface area contributed by atoms with Gasteiger partial charge in [-0.3, -0.25) is 4.79 Å². The number of likely N-dealkylation sites (tertiary alicyclic amines) is 1. The van der Waals surface area contributed by atoms with Gasteiger partial charge in [0.05, 0.1) is 0 Å². The molecule has 4 nitrogen and oxygen atoms in total. The van der Waals surface area contributed by atoms with E-state index < -0.39 is 0 Å². The third-order valence-corrected chi connectivity index (χ3v) is 3.71. The van der Waals surface area contributed by atoms with Crippen molar-refractivity contribution in [1.29, 1.82) is 0 Å². The number of ether oxygens (including phenoxy) is 1. The van der Waals surface area contributed by atoms with Crippen LogP contribution in [0, 0.1) is 5.92 Å². The lowest BCUT2D eigenvalue weighted by atomic mass is 9.97. The van der Waals surface area contributed by atoms with Crippen LogP contribution in [0.25, 0.3) is 0 Å². The summed E-state index contributed by atoms with van der Waals surface area (Å²) in [6.07, 6.45) is 2.05. The monoisotopic (exact) mass is 262 g/mol. The maximum atomic E-state index is 12.4. The Hall–Kier alpha value is -1.39. The van der Waals surface area contributed by atoms with Gasteiger partial charge in [-0.25, -0.2) is 0 Å². The summed E-state index contributed by atoms with van der Waals surface area (Å²) in [7, 11) is 1.73. The molecule has 1 aromatic carbocycles. The molecule has 1 aliphatic rings. The molecule has 1 fully saturated rings. The quantitative estimate of drug-likeness (QED) is 0.897. The van der Waals surface area contributed by atoms with Gasteiger partial charge in [0.15, 0.2) is 0 Å². The van der Waals surface area contributed by atoms with Crippen molar-refractivity contribution in [3.05, 3.63) is 35.4 Å². The summed E-state index contributed by atoms with van der Waals surface area (Å²) in [5, 5.41) is 0. The van der Waals surface area contributed by atoms with Crippen LogP contribution in [-0.2, 0) is 11.3 Å². The van der Waals surface area contributed by atoms with Gasteiger partial charge in [0.2, 0.25) is 0 Å². The number of nitrogens with zero attached hydrogens (tertiary/aromatic N) is 1. The Morgan fingerprint density at radius 2 is 2.16 bits per heavy atom. The van der Waals surface area contributed by atoms with Gasteiger partial charge < -0.3 is 15.4 Å². The average molecular weight is 262 g/mol. The van der Waals surface area contributed by atoms with Crippen molar-refractivity contribution < 1.29 is 9.53 Å². The number of methoxy groups -OCH3 is 1. The zero-order valence-electron chi connectivity index (χ0n) is 11.5. The van der Waals surface area contributed by atoms with Gasteiger partial charge in [-0.1, -0.05) is 12.1 Å². The maximum absolute atomic E-state index is 12.4. The molecule has 1 saturated heterocycles. The molecule has 0 spiro atoms. The Kier molecular flexibility index (Phi) is 4.93. The first-order valence-corrected chi connectivity index (χ1v) is 6.82. The minimum atomic E-state index is 0.117. The third-order valence-electron chi connectivity index (χ3n) is 3.71. The van der Waals surface area contributed by atoms with E-state index in [0.717, 1.165) is 43.7 Å². The molecule has 0 unspecified atom stereocenters. The van der Waals surface area contributed by atoms with Crippen molar-refractivity contribution in [3.8, 4) is 0 Å². The number of rotatable bonds is 4. The standard InChI is InChI=1S/C15H22N2O2/c1-19-11-12-5-7-17(8-6-12)15(18)14-4-2-3-13(9-14)10-16/h2-4,9,12H,5-8,10-11,16H2,1H3. The lowest BCUT2D eigenvalue weighted by molar-refractivity contribution is 0.0613. The Morgan fingerprint density at radius 3 is 2.79 bits per heavy atom. The lowest BCUT2D eigenvalue weighted by Gasteiger charge is -2.31. The first-order valence-electron chi connectivity index (χ1n) is 6.82. The van der Waals surface area contributed by atoms with Gasteiger partial charge in [0.1, 0.15) is 0 Å². The summed E-state index contributed by atoms with van der Waals surface area (Å²) in [4.78, 5) is 14.3. The number of benzene rings is 1. The number of carbonyl (C=O) groups excluding carboxylic acids is 1. The van der Waals surface area contributed by atoms with E-state index in [-0.39, 0.29) is 5.91 Å². The highest BCUT2D eigenvalue weighted by Gasteiger charge is 2.23. The van der Waals surface area contributed by atoms with Crippen molar-refractivity contribution in [2.24, 2.45) is 11.7 Å². The Labute approximate surface area is 114 Å². The Balaban J connectivity index is 1.97. The van der Waals surface area contributed by atoms with Crippen LogP contribution in [-0.4, -0.2) is 37.6 Å². The second-order valence-corrected chi connectivity index (χ2v) is 5.10. The summed E-state index contributed by atoms with van der Waals surface area (Å²) in [5.74, 6) is 0.704. The molecule has 2 rings (SSSR count). The Bertz CT molecular complexity index is 426. The minimum Gasteiger partial charge on any atom is -0.384 e. The van der Waals surface area contributed by atoms with Crippen molar-refractivity contribution in [2.45, 2.75) is 19.4 Å². The van der Waals surface area contributed by atoms with E-state index in [1.54, 1.807) is 7.11 Å². The van der Waals surface area contributed by atoms with Gasteiger partial charge in [0.25, 0.3) is 5.91 Å². The number of hydrogen-bond acceptors (Lipinski definition) is 3. The zero-order chi connectivity index (χ0) is 13.7. The van der Waals surface area contributed by atoms with Crippen molar-refractivity contribution in [1.82, 2.24) is 4.90 Å². The highest BCUT2D eigenvalue weighted by molar-refractivity contribution is 5.94. The van der Waals surface area contributed by atoms with E-state index in [1.165, 1.54) is 0 Å². The minimum absolute atomic E-state index is 0.117. The molecule has 1 amide bonds. The average Bonchev–Trinajstić information content (AvgIpc) is 2.48. The molecule has 1 heterocycles. The molecule has 0 aliphatic carbocycles. The Morgan fingerprint density at radius 1 is 1.42 bits per heavy atom. The van der Waals surface area contributed by atoms with E-state index in [4.69, 9.17) is 10.5 Å². The van der Waals surface area contributed by atoms with E-state index in [9.17, 15) is 4.79 Å². The van der Waals surface area contributed by atoms with Crippen molar-refractivity contribution in [2.75, 3.05) is 26.8 Å². The molecule has 0 radical (unpaired) electrons. The van der Waals surface area contributed by atoms with Gasteiger partial charge >= 0.3 is 0 Å². The molecule has 0 bridgehead atoms. The summed E-state index contributed by atoms with van der Waals surface area (Å²) in [5.41, 5.74) is 7.35. The fourth-order valence-electron chi connectivity index (χ4n) is 2.55. The van der Waals surface area contributed by atoms with E-state index in [0.29, 0.717) is 12.5 Å². The molecule has 2 N–H and O–H groups in total. The van der Waals surface area contributed by atoms with Crippen LogP contribution < -0.4 is 5.73 Å². The number of hydrogen-bond donors (Lipinski definition) is 1. The van der Waals surface area contributed by atoms with Gasteiger partial charge in [0, 0.05) is 38.9 Å².